The van der Waals surface area contributed by atoms with E-state index in [-0.39, 0.29) is 17.7 Å². The minimum absolute atomic E-state index is 0.120. The number of rotatable bonds is 7. The van der Waals surface area contributed by atoms with Gasteiger partial charge in [0.25, 0.3) is 0 Å². The predicted molar refractivity (Wildman–Crippen MR) is 73.8 cm³/mol. The molecule has 0 atom stereocenters. The number of hydrogen-bond acceptors (Lipinski definition) is 5. The molecule has 1 heterocycles. The number of amides is 1. The summed E-state index contributed by atoms with van der Waals surface area (Å²) in [6.07, 6.45) is 0.820. The van der Waals surface area contributed by atoms with Crippen molar-refractivity contribution in [1.29, 1.82) is 0 Å². The number of carbonyl (C=O) groups is 2. The lowest BCUT2D eigenvalue weighted by Gasteiger charge is -2.07. The smallest absolute Gasteiger partial charge is 0.411 e. The van der Waals surface area contributed by atoms with Gasteiger partial charge < -0.3 is 9.47 Å². The molecule has 1 aromatic rings. The highest BCUT2D eigenvalue weighted by atomic mass is 79.9. The van der Waals surface area contributed by atoms with E-state index in [9.17, 15) is 9.59 Å². The van der Waals surface area contributed by atoms with Gasteiger partial charge in [-0.15, -0.1) is 0 Å². The number of hydrogen-bond donors (Lipinski definition) is 1. The minimum Gasteiger partial charge on any atom is -0.447 e. The fourth-order valence-corrected chi connectivity index (χ4v) is 1.48. The van der Waals surface area contributed by atoms with Crippen LogP contribution in [0.5, 0.6) is 0 Å². The van der Waals surface area contributed by atoms with Crippen LogP contribution in [0.15, 0.2) is 18.3 Å². The summed E-state index contributed by atoms with van der Waals surface area (Å²) in [6.45, 7) is 2.99. The number of alkyl halides is 1. The van der Waals surface area contributed by atoms with Crippen LogP contribution < -0.4 is 5.32 Å². The Morgan fingerprint density at radius 3 is 2.74 bits per heavy atom. The van der Waals surface area contributed by atoms with Crippen LogP contribution in [0.3, 0.4) is 0 Å². The van der Waals surface area contributed by atoms with E-state index in [0.29, 0.717) is 24.6 Å². The van der Waals surface area contributed by atoms with Gasteiger partial charge in [-0.25, -0.2) is 4.79 Å². The molecule has 6 nitrogen and oxygen atoms in total. The lowest BCUT2D eigenvalue weighted by molar-refractivity contribution is 0.0850. The van der Waals surface area contributed by atoms with Crippen LogP contribution in [-0.2, 0) is 9.47 Å². The van der Waals surface area contributed by atoms with Crippen LogP contribution >= 0.6 is 15.9 Å². The summed E-state index contributed by atoms with van der Waals surface area (Å²) >= 11 is 3.06. The summed E-state index contributed by atoms with van der Waals surface area (Å²) in [5.74, 6) is -0.120. The first-order valence-corrected chi connectivity index (χ1v) is 6.86. The molecule has 0 aromatic carbocycles. The lowest BCUT2D eigenvalue weighted by atomic mass is 10.2. The van der Waals surface area contributed by atoms with E-state index in [4.69, 9.17) is 9.47 Å². The van der Waals surface area contributed by atoms with Gasteiger partial charge in [-0.3, -0.25) is 15.1 Å². The minimum atomic E-state index is -0.582. The average Bonchev–Trinajstić information content (AvgIpc) is 2.43. The topological polar surface area (TPSA) is 77.5 Å². The summed E-state index contributed by atoms with van der Waals surface area (Å²) in [7, 11) is 0. The van der Waals surface area contributed by atoms with Gasteiger partial charge in [0.2, 0.25) is 0 Å². The van der Waals surface area contributed by atoms with E-state index in [1.54, 1.807) is 12.1 Å². The second-order valence-corrected chi connectivity index (χ2v) is 4.01. The normalized spacial score (nSPS) is 10.0. The molecule has 0 saturated heterocycles. The number of pyridine rings is 1. The molecule has 0 aliphatic carbocycles. The highest BCUT2D eigenvalue weighted by molar-refractivity contribution is 9.09. The van der Waals surface area contributed by atoms with E-state index in [1.165, 1.54) is 6.20 Å². The van der Waals surface area contributed by atoms with Crippen molar-refractivity contribution < 1.29 is 19.1 Å². The molecule has 0 saturated carbocycles. The Kier molecular flexibility index (Phi) is 7.06. The number of nitrogens with zero attached hydrogens (tertiary/aromatic N) is 1. The SMILES string of the molecule is CCOCCOC(=O)Nc1ccc(C(=O)CBr)nc1. The van der Waals surface area contributed by atoms with Crippen molar-refractivity contribution in [1.82, 2.24) is 4.98 Å². The third-order valence-electron chi connectivity index (χ3n) is 2.08. The first-order chi connectivity index (χ1) is 9.17. The largest absolute Gasteiger partial charge is 0.447 e. The number of anilines is 1. The molecule has 0 fully saturated rings. The summed E-state index contributed by atoms with van der Waals surface area (Å²) in [5.41, 5.74) is 0.805. The van der Waals surface area contributed by atoms with Crippen LogP contribution in [-0.4, -0.2) is 42.0 Å². The third-order valence-corrected chi connectivity index (χ3v) is 2.59. The molecular formula is C12H15BrN2O4. The number of halogens is 1. The highest BCUT2D eigenvalue weighted by Crippen LogP contribution is 2.08. The Hall–Kier alpha value is -1.47. The van der Waals surface area contributed by atoms with Gasteiger partial charge in [-0.2, -0.15) is 0 Å². The van der Waals surface area contributed by atoms with Crippen LogP contribution in [0.1, 0.15) is 17.4 Å². The molecule has 0 aliphatic rings. The summed E-state index contributed by atoms with van der Waals surface area (Å²) in [5, 5.41) is 2.72. The van der Waals surface area contributed by atoms with Crippen molar-refractivity contribution in [2.45, 2.75) is 6.92 Å². The maximum Gasteiger partial charge on any atom is 0.411 e. The zero-order chi connectivity index (χ0) is 14.1. The molecule has 0 aliphatic heterocycles. The molecular weight excluding hydrogens is 316 g/mol. The van der Waals surface area contributed by atoms with E-state index < -0.39 is 6.09 Å². The molecule has 0 spiro atoms. The first-order valence-electron chi connectivity index (χ1n) is 5.74. The monoisotopic (exact) mass is 330 g/mol. The Morgan fingerprint density at radius 2 is 2.16 bits per heavy atom. The molecule has 1 rings (SSSR count). The van der Waals surface area contributed by atoms with Crippen molar-refractivity contribution >= 4 is 33.5 Å². The van der Waals surface area contributed by atoms with Crippen molar-refractivity contribution in [2.75, 3.05) is 30.5 Å². The van der Waals surface area contributed by atoms with E-state index in [0.717, 1.165) is 0 Å². The van der Waals surface area contributed by atoms with Crippen LogP contribution in [0.2, 0.25) is 0 Å². The quantitative estimate of drug-likeness (QED) is 0.471. The molecule has 1 N–H and O–H groups in total. The van der Waals surface area contributed by atoms with Gasteiger partial charge in [0, 0.05) is 6.61 Å². The maximum absolute atomic E-state index is 11.4. The fraction of sp³-hybridized carbons (Fsp3) is 0.417. The zero-order valence-corrected chi connectivity index (χ0v) is 12.1. The van der Waals surface area contributed by atoms with Gasteiger partial charge in [0.05, 0.1) is 23.8 Å². The van der Waals surface area contributed by atoms with Crippen LogP contribution in [0.4, 0.5) is 10.5 Å². The van der Waals surface area contributed by atoms with Gasteiger partial charge in [0.15, 0.2) is 5.78 Å². The predicted octanol–water partition coefficient (Wildman–Crippen LogP) is 2.24. The third kappa shape index (κ3) is 5.80. The lowest BCUT2D eigenvalue weighted by Crippen LogP contribution is -2.17. The van der Waals surface area contributed by atoms with Gasteiger partial charge in [0.1, 0.15) is 12.3 Å². The second-order valence-electron chi connectivity index (χ2n) is 3.45. The zero-order valence-electron chi connectivity index (χ0n) is 10.5. The number of ether oxygens (including phenoxy) is 2. The van der Waals surface area contributed by atoms with E-state index in [2.05, 4.69) is 26.2 Å². The number of nitrogens with one attached hydrogen (secondary N) is 1. The first kappa shape index (κ1) is 15.6. The van der Waals surface area contributed by atoms with Crippen molar-refractivity contribution in [2.24, 2.45) is 0 Å². The maximum atomic E-state index is 11.4. The van der Waals surface area contributed by atoms with E-state index >= 15 is 0 Å². The highest BCUT2D eigenvalue weighted by Gasteiger charge is 2.07. The average molecular weight is 331 g/mol. The number of aromatic nitrogens is 1. The molecule has 0 bridgehead atoms. The number of Topliss-reactive ketones (excluding diaryl/α,β-unsaturated/α-hetero) is 1. The molecule has 7 heteroatoms. The van der Waals surface area contributed by atoms with Gasteiger partial charge >= 0.3 is 6.09 Å². The Bertz CT molecular complexity index is 422. The standard InChI is InChI=1S/C12H15BrN2O4/c1-2-18-5-6-19-12(17)15-9-3-4-10(14-8-9)11(16)7-13/h3-4,8H,2,5-7H2,1H3,(H,15,17). The molecule has 104 valence electrons. The summed E-state index contributed by atoms with van der Waals surface area (Å²) < 4.78 is 9.90. The Balaban J connectivity index is 2.40. The Labute approximate surface area is 119 Å². The number of ketones is 1. The van der Waals surface area contributed by atoms with Gasteiger partial charge in [-0.1, -0.05) is 15.9 Å². The molecule has 19 heavy (non-hydrogen) atoms. The van der Waals surface area contributed by atoms with Crippen LogP contribution in [0.25, 0.3) is 0 Å². The fourth-order valence-electron chi connectivity index (χ4n) is 1.19. The van der Waals surface area contributed by atoms with Crippen molar-refractivity contribution in [3.05, 3.63) is 24.0 Å². The van der Waals surface area contributed by atoms with Crippen molar-refractivity contribution in [3.8, 4) is 0 Å². The molecule has 1 amide bonds. The summed E-state index contributed by atoms with van der Waals surface area (Å²) in [6, 6.07) is 3.13. The van der Waals surface area contributed by atoms with Gasteiger partial charge in [-0.05, 0) is 19.1 Å². The summed E-state index contributed by atoms with van der Waals surface area (Å²) in [4.78, 5) is 26.6. The number of carbonyl (C=O) groups excluding carboxylic acids is 2. The molecule has 1 aromatic heterocycles. The Morgan fingerprint density at radius 1 is 1.37 bits per heavy atom. The second kappa shape index (κ2) is 8.60. The van der Waals surface area contributed by atoms with Crippen LogP contribution in [0, 0.1) is 0 Å². The molecule has 0 unspecified atom stereocenters. The molecule has 0 radical (unpaired) electrons. The van der Waals surface area contributed by atoms with Crippen molar-refractivity contribution in [3.63, 3.8) is 0 Å². The van der Waals surface area contributed by atoms with E-state index in [1.807, 2.05) is 6.92 Å².